The third-order valence-electron chi connectivity index (χ3n) is 4.48. The first-order valence-electron chi connectivity index (χ1n) is 7.45. The molecule has 0 saturated heterocycles. The maximum atomic E-state index is 5.54. The summed E-state index contributed by atoms with van der Waals surface area (Å²) in [4.78, 5) is 4.69. The third kappa shape index (κ3) is 2.30. The summed E-state index contributed by atoms with van der Waals surface area (Å²) in [5, 5.41) is 7.77. The molecule has 3 rings (SSSR count). The molecule has 2 aliphatic carbocycles. The molecule has 4 heteroatoms. The lowest BCUT2D eigenvalue weighted by atomic mass is 10.0. The van der Waals surface area contributed by atoms with Crippen LogP contribution in [0.1, 0.15) is 75.4 Å². The molecular formula is C14H23N3O. The summed E-state index contributed by atoms with van der Waals surface area (Å²) in [6, 6.07) is 0.534. The van der Waals surface area contributed by atoms with Crippen LogP contribution in [0, 0.1) is 0 Å². The van der Waals surface area contributed by atoms with Crippen molar-refractivity contribution < 1.29 is 4.52 Å². The van der Waals surface area contributed by atoms with Crippen molar-refractivity contribution in [3.63, 3.8) is 0 Å². The second-order valence-corrected chi connectivity index (χ2v) is 5.67. The molecule has 0 aromatic carbocycles. The van der Waals surface area contributed by atoms with E-state index in [1.54, 1.807) is 0 Å². The fourth-order valence-corrected chi connectivity index (χ4v) is 3.51. The van der Waals surface area contributed by atoms with Crippen LogP contribution in [0.3, 0.4) is 0 Å². The van der Waals surface area contributed by atoms with Crippen LogP contribution in [0.4, 0.5) is 0 Å². The van der Waals surface area contributed by atoms with E-state index in [2.05, 4.69) is 22.4 Å². The number of nitrogens with zero attached hydrogens (tertiary/aromatic N) is 2. The molecule has 2 aliphatic rings. The fraction of sp³-hybridized carbons (Fsp3) is 0.857. The van der Waals surface area contributed by atoms with Gasteiger partial charge in [0.1, 0.15) is 0 Å². The Morgan fingerprint density at radius 3 is 2.78 bits per heavy atom. The van der Waals surface area contributed by atoms with Crippen LogP contribution in [-0.2, 0) is 0 Å². The smallest absolute Gasteiger partial charge is 0.231 e. The first kappa shape index (κ1) is 12.2. The van der Waals surface area contributed by atoms with E-state index >= 15 is 0 Å². The van der Waals surface area contributed by atoms with Gasteiger partial charge in [-0.25, -0.2) is 0 Å². The third-order valence-corrected chi connectivity index (χ3v) is 4.48. The molecule has 4 nitrogen and oxygen atoms in total. The summed E-state index contributed by atoms with van der Waals surface area (Å²) in [6.45, 7) is 3.18. The molecule has 1 N–H and O–H groups in total. The highest BCUT2D eigenvalue weighted by molar-refractivity contribution is 5.05. The maximum absolute atomic E-state index is 5.54. The molecule has 0 spiro atoms. The van der Waals surface area contributed by atoms with Crippen molar-refractivity contribution in [3.8, 4) is 0 Å². The molecule has 2 fully saturated rings. The lowest BCUT2D eigenvalue weighted by Gasteiger charge is -2.16. The molecule has 0 amide bonds. The predicted molar refractivity (Wildman–Crippen MR) is 69.6 cm³/mol. The van der Waals surface area contributed by atoms with Gasteiger partial charge in [0.15, 0.2) is 5.82 Å². The van der Waals surface area contributed by atoms with Gasteiger partial charge in [-0.1, -0.05) is 31.3 Å². The SMILES string of the molecule is CCNC1CCCC1c1nc(C2CCCC2)no1. The summed E-state index contributed by atoms with van der Waals surface area (Å²) in [5.74, 6) is 2.83. The summed E-state index contributed by atoms with van der Waals surface area (Å²) in [7, 11) is 0. The van der Waals surface area contributed by atoms with Crippen molar-refractivity contribution in [2.24, 2.45) is 0 Å². The van der Waals surface area contributed by atoms with Crippen LogP contribution in [0.2, 0.25) is 0 Å². The molecule has 1 aromatic rings. The second-order valence-electron chi connectivity index (χ2n) is 5.67. The molecule has 2 saturated carbocycles. The number of nitrogens with one attached hydrogen (secondary N) is 1. The van der Waals surface area contributed by atoms with Gasteiger partial charge in [-0.3, -0.25) is 0 Å². The summed E-state index contributed by atoms with van der Waals surface area (Å²) < 4.78 is 5.54. The van der Waals surface area contributed by atoms with E-state index in [1.165, 1.54) is 44.9 Å². The Bertz CT molecular complexity index is 384. The zero-order valence-electron chi connectivity index (χ0n) is 11.2. The summed E-state index contributed by atoms with van der Waals surface area (Å²) in [6.07, 6.45) is 8.80. The van der Waals surface area contributed by atoms with E-state index in [0.29, 0.717) is 17.9 Å². The summed E-state index contributed by atoms with van der Waals surface area (Å²) >= 11 is 0. The molecule has 2 unspecified atom stereocenters. The first-order chi connectivity index (χ1) is 8.88. The van der Waals surface area contributed by atoms with Gasteiger partial charge in [0.2, 0.25) is 5.89 Å². The van der Waals surface area contributed by atoms with Gasteiger partial charge >= 0.3 is 0 Å². The van der Waals surface area contributed by atoms with Crippen LogP contribution in [-0.4, -0.2) is 22.7 Å². The van der Waals surface area contributed by atoms with Crippen molar-refractivity contribution in [2.45, 2.75) is 69.7 Å². The lowest BCUT2D eigenvalue weighted by Crippen LogP contribution is -2.31. The summed E-state index contributed by atoms with van der Waals surface area (Å²) in [5.41, 5.74) is 0. The molecule has 100 valence electrons. The minimum atomic E-state index is 0.438. The van der Waals surface area contributed by atoms with Crippen LogP contribution < -0.4 is 5.32 Å². The quantitative estimate of drug-likeness (QED) is 0.891. The Labute approximate surface area is 109 Å². The van der Waals surface area contributed by atoms with Crippen molar-refractivity contribution in [2.75, 3.05) is 6.54 Å². The highest BCUT2D eigenvalue weighted by Gasteiger charge is 2.33. The zero-order valence-corrected chi connectivity index (χ0v) is 11.2. The van der Waals surface area contributed by atoms with Gasteiger partial charge in [-0.15, -0.1) is 0 Å². The van der Waals surface area contributed by atoms with E-state index in [0.717, 1.165) is 18.3 Å². The van der Waals surface area contributed by atoms with E-state index in [1.807, 2.05) is 0 Å². The van der Waals surface area contributed by atoms with E-state index in [9.17, 15) is 0 Å². The van der Waals surface area contributed by atoms with Gasteiger partial charge in [-0.05, 0) is 32.2 Å². The first-order valence-corrected chi connectivity index (χ1v) is 7.45. The second kappa shape index (κ2) is 5.39. The van der Waals surface area contributed by atoms with Crippen molar-refractivity contribution in [1.82, 2.24) is 15.5 Å². The fourth-order valence-electron chi connectivity index (χ4n) is 3.51. The topological polar surface area (TPSA) is 51.0 Å². The number of likely N-dealkylation sites (N-methyl/N-ethyl adjacent to an activating group) is 1. The highest BCUT2D eigenvalue weighted by atomic mass is 16.5. The number of rotatable bonds is 4. The minimum Gasteiger partial charge on any atom is -0.339 e. The monoisotopic (exact) mass is 249 g/mol. The van der Waals surface area contributed by atoms with Crippen LogP contribution in [0.5, 0.6) is 0 Å². The average molecular weight is 249 g/mol. The Hall–Kier alpha value is -0.900. The Balaban J connectivity index is 1.71. The van der Waals surface area contributed by atoms with Gasteiger partial charge < -0.3 is 9.84 Å². The number of aromatic nitrogens is 2. The molecule has 2 atom stereocenters. The lowest BCUT2D eigenvalue weighted by molar-refractivity contribution is 0.327. The van der Waals surface area contributed by atoms with Crippen molar-refractivity contribution in [3.05, 3.63) is 11.7 Å². The standard InChI is InChI=1S/C14H23N3O/c1-2-15-12-9-5-8-11(12)14-16-13(17-18-14)10-6-3-4-7-10/h10-12,15H,2-9H2,1H3. The van der Waals surface area contributed by atoms with Gasteiger partial charge in [0.05, 0.1) is 5.92 Å². The highest BCUT2D eigenvalue weighted by Crippen LogP contribution is 2.36. The Morgan fingerprint density at radius 1 is 1.17 bits per heavy atom. The van der Waals surface area contributed by atoms with Crippen molar-refractivity contribution >= 4 is 0 Å². The zero-order chi connectivity index (χ0) is 12.4. The number of hydrogen-bond donors (Lipinski definition) is 1. The maximum Gasteiger partial charge on any atom is 0.231 e. The molecule has 0 radical (unpaired) electrons. The van der Waals surface area contributed by atoms with E-state index in [4.69, 9.17) is 4.52 Å². The van der Waals surface area contributed by atoms with Crippen LogP contribution in [0.15, 0.2) is 4.52 Å². The van der Waals surface area contributed by atoms with Crippen molar-refractivity contribution in [1.29, 1.82) is 0 Å². The van der Waals surface area contributed by atoms with Gasteiger partial charge in [0.25, 0.3) is 0 Å². The molecule has 1 aromatic heterocycles. The molecule has 0 bridgehead atoms. The molecule has 0 aliphatic heterocycles. The van der Waals surface area contributed by atoms with Gasteiger partial charge in [0, 0.05) is 12.0 Å². The van der Waals surface area contributed by atoms with E-state index < -0.39 is 0 Å². The minimum absolute atomic E-state index is 0.438. The predicted octanol–water partition coefficient (Wildman–Crippen LogP) is 2.97. The largest absolute Gasteiger partial charge is 0.339 e. The Morgan fingerprint density at radius 2 is 2.00 bits per heavy atom. The molecular weight excluding hydrogens is 226 g/mol. The van der Waals surface area contributed by atoms with Gasteiger partial charge in [-0.2, -0.15) is 4.98 Å². The molecule has 1 heterocycles. The normalized spacial score (nSPS) is 29.2. The average Bonchev–Trinajstić information content (AvgIpc) is 3.10. The Kier molecular flexibility index (Phi) is 3.64. The van der Waals surface area contributed by atoms with Crippen LogP contribution >= 0.6 is 0 Å². The molecule has 18 heavy (non-hydrogen) atoms. The van der Waals surface area contributed by atoms with E-state index in [-0.39, 0.29) is 0 Å². The number of hydrogen-bond acceptors (Lipinski definition) is 4. The van der Waals surface area contributed by atoms with Crippen LogP contribution in [0.25, 0.3) is 0 Å².